The van der Waals surface area contributed by atoms with Gasteiger partial charge in [-0.2, -0.15) is 4.98 Å². The molecular formula is C10H13N5O. The highest BCUT2D eigenvalue weighted by Crippen LogP contribution is 2.23. The molecule has 1 fully saturated rings. The maximum Gasteiger partial charge on any atom is 0.244 e. The van der Waals surface area contributed by atoms with Crippen LogP contribution in [0.3, 0.4) is 0 Å². The van der Waals surface area contributed by atoms with Gasteiger partial charge in [-0.1, -0.05) is 5.16 Å². The molecule has 1 aliphatic heterocycles. The summed E-state index contributed by atoms with van der Waals surface area (Å²) in [7, 11) is 1.91. The van der Waals surface area contributed by atoms with Crippen LogP contribution in [0.5, 0.6) is 0 Å². The molecule has 0 bridgehead atoms. The SMILES string of the molecule is Cn1ccnc1-c1noc([C@H]2CCCN2)n1. The second kappa shape index (κ2) is 3.71. The average molecular weight is 219 g/mol. The van der Waals surface area contributed by atoms with Gasteiger partial charge in [-0.3, -0.25) is 0 Å². The first-order valence-electron chi connectivity index (χ1n) is 5.39. The molecule has 16 heavy (non-hydrogen) atoms. The summed E-state index contributed by atoms with van der Waals surface area (Å²) in [5.41, 5.74) is 0. The Morgan fingerprint density at radius 3 is 3.19 bits per heavy atom. The predicted molar refractivity (Wildman–Crippen MR) is 56.5 cm³/mol. The largest absolute Gasteiger partial charge is 0.337 e. The zero-order valence-electron chi connectivity index (χ0n) is 9.05. The smallest absolute Gasteiger partial charge is 0.244 e. The Bertz CT molecular complexity index is 483. The van der Waals surface area contributed by atoms with Crippen molar-refractivity contribution >= 4 is 0 Å². The van der Waals surface area contributed by atoms with E-state index in [4.69, 9.17) is 4.52 Å². The first-order valence-corrected chi connectivity index (χ1v) is 5.39. The molecule has 3 heterocycles. The maximum atomic E-state index is 5.25. The van der Waals surface area contributed by atoms with Crippen LogP contribution in [0.15, 0.2) is 16.9 Å². The van der Waals surface area contributed by atoms with Crippen molar-refractivity contribution in [2.45, 2.75) is 18.9 Å². The van der Waals surface area contributed by atoms with E-state index in [-0.39, 0.29) is 6.04 Å². The van der Waals surface area contributed by atoms with Crippen molar-refractivity contribution in [1.82, 2.24) is 25.0 Å². The van der Waals surface area contributed by atoms with Crippen LogP contribution >= 0.6 is 0 Å². The molecule has 1 saturated heterocycles. The van der Waals surface area contributed by atoms with Crippen LogP contribution in [0.1, 0.15) is 24.8 Å². The second-order valence-corrected chi connectivity index (χ2v) is 3.97. The highest BCUT2D eigenvalue weighted by molar-refractivity contribution is 5.42. The molecule has 0 saturated carbocycles. The van der Waals surface area contributed by atoms with Crippen molar-refractivity contribution in [2.75, 3.05) is 6.54 Å². The quantitative estimate of drug-likeness (QED) is 0.812. The highest BCUT2D eigenvalue weighted by atomic mass is 16.5. The summed E-state index contributed by atoms with van der Waals surface area (Å²) >= 11 is 0. The Kier molecular flexibility index (Phi) is 2.21. The van der Waals surface area contributed by atoms with Gasteiger partial charge >= 0.3 is 0 Å². The molecular weight excluding hydrogens is 206 g/mol. The molecule has 0 aromatic carbocycles. The number of imidazole rings is 1. The van der Waals surface area contributed by atoms with Gasteiger partial charge in [0.1, 0.15) is 0 Å². The zero-order valence-corrected chi connectivity index (χ0v) is 9.05. The number of nitrogens with one attached hydrogen (secondary N) is 1. The fourth-order valence-corrected chi connectivity index (χ4v) is 1.94. The number of hydrogen-bond acceptors (Lipinski definition) is 5. The molecule has 1 atom stereocenters. The van der Waals surface area contributed by atoms with Crippen molar-refractivity contribution in [3.63, 3.8) is 0 Å². The van der Waals surface area contributed by atoms with Gasteiger partial charge in [0, 0.05) is 19.4 Å². The maximum absolute atomic E-state index is 5.25. The monoisotopic (exact) mass is 219 g/mol. The molecule has 0 amide bonds. The Balaban J connectivity index is 1.90. The fraction of sp³-hybridized carbons (Fsp3) is 0.500. The molecule has 2 aromatic rings. The van der Waals surface area contributed by atoms with E-state index in [1.807, 2.05) is 17.8 Å². The van der Waals surface area contributed by atoms with Crippen molar-refractivity contribution in [1.29, 1.82) is 0 Å². The van der Waals surface area contributed by atoms with Crippen LogP contribution in [-0.4, -0.2) is 26.2 Å². The number of aryl methyl sites for hydroxylation is 1. The van der Waals surface area contributed by atoms with Gasteiger partial charge in [0.05, 0.1) is 6.04 Å². The lowest BCUT2D eigenvalue weighted by Gasteiger charge is -2.01. The van der Waals surface area contributed by atoms with Gasteiger partial charge < -0.3 is 14.4 Å². The van der Waals surface area contributed by atoms with Crippen molar-refractivity contribution < 1.29 is 4.52 Å². The van der Waals surface area contributed by atoms with E-state index in [0.29, 0.717) is 11.7 Å². The summed E-state index contributed by atoms with van der Waals surface area (Å²) in [5, 5.41) is 7.28. The molecule has 84 valence electrons. The van der Waals surface area contributed by atoms with Gasteiger partial charge in [0.15, 0.2) is 5.82 Å². The molecule has 1 N–H and O–H groups in total. The Hall–Kier alpha value is -1.69. The van der Waals surface area contributed by atoms with Gasteiger partial charge in [-0.05, 0) is 19.4 Å². The van der Waals surface area contributed by atoms with Crippen LogP contribution in [0.25, 0.3) is 11.6 Å². The molecule has 2 aromatic heterocycles. The zero-order chi connectivity index (χ0) is 11.0. The predicted octanol–water partition coefficient (Wildman–Crippen LogP) is 0.895. The van der Waals surface area contributed by atoms with E-state index >= 15 is 0 Å². The third-order valence-electron chi connectivity index (χ3n) is 2.82. The summed E-state index contributed by atoms with van der Waals surface area (Å²) in [5.74, 6) is 1.94. The van der Waals surface area contributed by atoms with E-state index in [2.05, 4.69) is 20.4 Å². The Labute approximate surface area is 92.7 Å². The normalized spacial score (nSPS) is 20.4. The summed E-state index contributed by atoms with van der Waals surface area (Å²) in [6, 6.07) is 0.210. The van der Waals surface area contributed by atoms with E-state index < -0.39 is 0 Å². The molecule has 0 radical (unpaired) electrons. The van der Waals surface area contributed by atoms with E-state index in [0.717, 1.165) is 25.2 Å². The lowest BCUT2D eigenvalue weighted by molar-refractivity contribution is 0.344. The van der Waals surface area contributed by atoms with E-state index in [1.165, 1.54) is 0 Å². The summed E-state index contributed by atoms with van der Waals surface area (Å²) < 4.78 is 7.12. The molecule has 0 unspecified atom stereocenters. The summed E-state index contributed by atoms with van der Waals surface area (Å²) in [6.07, 6.45) is 5.80. The second-order valence-electron chi connectivity index (χ2n) is 3.97. The van der Waals surface area contributed by atoms with Crippen LogP contribution in [-0.2, 0) is 7.05 Å². The third kappa shape index (κ3) is 1.51. The number of rotatable bonds is 2. The Morgan fingerprint density at radius 2 is 2.50 bits per heavy atom. The molecule has 0 spiro atoms. The minimum Gasteiger partial charge on any atom is -0.337 e. The van der Waals surface area contributed by atoms with Crippen LogP contribution in [0.2, 0.25) is 0 Å². The number of aromatic nitrogens is 4. The number of nitrogens with zero attached hydrogens (tertiary/aromatic N) is 4. The average Bonchev–Trinajstić information content (AvgIpc) is 2.96. The van der Waals surface area contributed by atoms with Gasteiger partial charge in [0.25, 0.3) is 0 Å². The number of hydrogen-bond donors (Lipinski definition) is 1. The Morgan fingerprint density at radius 1 is 1.56 bits per heavy atom. The molecule has 1 aliphatic rings. The lowest BCUT2D eigenvalue weighted by Crippen LogP contribution is -2.13. The molecule has 3 rings (SSSR count). The standard InChI is InChI=1S/C10H13N5O/c1-15-6-5-12-9(15)8-13-10(16-14-8)7-3-2-4-11-7/h5-7,11H,2-4H2,1H3/t7-/m1/s1. The van der Waals surface area contributed by atoms with Crippen LogP contribution in [0, 0.1) is 0 Å². The minimum absolute atomic E-state index is 0.210. The van der Waals surface area contributed by atoms with E-state index in [9.17, 15) is 0 Å². The summed E-state index contributed by atoms with van der Waals surface area (Å²) in [4.78, 5) is 8.56. The molecule has 6 nitrogen and oxygen atoms in total. The first-order chi connectivity index (χ1) is 7.84. The van der Waals surface area contributed by atoms with Gasteiger partial charge in [-0.15, -0.1) is 0 Å². The van der Waals surface area contributed by atoms with Crippen molar-refractivity contribution in [3.8, 4) is 11.6 Å². The van der Waals surface area contributed by atoms with Crippen molar-refractivity contribution in [3.05, 3.63) is 18.3 Å². The van der Waals surface area contributed by atoms with Crippen LogP contribution < -0.4 is 5.32 Å². The topological polar surface area (TPSA) is 68.8 Å². The first kappa shape index (κ1) is 9.53. The minimum atomic E-state index is 0.210. The molecule has 6 heteroatoms. The lowest BCUT2D eigenvalue weighted by atomic mass is 10.2. The third-order valence-corrected chi connectivity index (χ3v) is 2.82. The van der Waals surface area contributed by atoms with E-state index in [1.54, 1.807) is 6.20 Å². The summed E-state index contributed by atoms with van der Waals surface area (Å²) in [6.45, 7) is 1.02. The van der Waals surface area contributed by atoms with Crippen LogP contribution in [0.4, 0.5) is 0 Å². The van der Waals surface area contributed by atoms with Gasteiger partial charge in [0.2, 0.25) is 11.7 Å². The fourth-order valence-electron chi connectivity index (χ4n) is 1.94. The van der Waals surface area contributed by atoms with Gasteiger partial charge in [-0.25, -0.2) is 4.98 Å². The molecule has 0 aliphatic carbocycles. The van der Waals surface area contributed by atoms with Crippen molar-refractivity contribution in [2.24, 2.45) is 7.05 Å². The highest BCUT2D eigenvalue weighted by Gasteiger charge is 2.23.